The average molecular weight is 379 g/mol. The van der Waals surface area contributed by atoms with Crippen LogP contribution in [-0.4, -0.2) is 21.9 Å². The van der Waals surface area contributed by atoms with E-state index < -0.39 is 0 Å². The second-order valence-electron chi connectivity index (χ2n) is 7.91. The van der Waals surface area contributed by atoms with Gasteiger partial charge in [-0.25, -0.2) is 0 Å². The Hall–Kier alpha value is -2.26. The van der Waals surface area contributed by atoms with Crippen molar-refractivity contribution >= 4 is 28.4 Å². The van der Waals surface area contributed by atoms with Crippen LogP contribution in [0.15, 0.2) is 36.4 Å². The molecule has 3 nitrogen and oxygen atoms in total. The van der Waals surface area contributed by atoms with Crippen molar-refractivity contribution in [3.05, 3.63) is 69.4 Å². The fourth-order valence-corrected chi connectivity index (χ4v) is 5.03. The molecule has 1 aromatic heterocycles. The summed E-state index contributed by atoms with van der Waals surface area (Å²) in [4.78, 5) is 15.4. The van der Waals surface area contributed by atoms with Crippen molar-refractivity contribution in [1.82, 2.24) is 9.47 Å². The molecule has 1 aliphatic carbocycles. The molecule has 0 N–H and O–H groups in total. The van der Waals surface area contributed by atoms with Gasteiger partial charge in [-0.3, -0.25) is 4.79 Å². The SMILES string of the molecule is Cc1ccc2c(c1)c1c3n2CCN(C(=O)c2ccc(C)c(Cl)c2)[C@H]3CCC1. The number of fused-ring (bicyclic) bond motifs is 3. The first kappa shape index (κ1) is 16.9. The Kier molecular flexibility index (Phi) is 3.83. The number of hydrogen-bond donors (Lipinski definition) is 0. The van der Waals surface area contributed by atoms with E-state index in [0.717, 1.165) is 37.9 Å². The minimum Gasteiger partial charge on any atom is -0.341 e. The number of hydrogen-bond acceptors (Lipinski definition) is 1. The topological polar surface area (TPSA) is 25.2 Å². The summed E-state index contributed by atoms with van der Waals surface area (Å²) in [5, 5.41) is 2.04. The molecule has 138 valence electrons. The normalized spacial score (nSPS) is 18.6. The molecule has 4 heteroatoms. The van der Waals surface area contributed by atoms with Gasteiger partial charge in [0.25, 0.3) is 5.91 Å². The van der Waals surface area contributed by atoms with Crippen molar-refractivity contribution in [3.63, 3.8) is 0 Å². The zero-order chi connectivity index (χ0) is 18.7. The lowest BCUT2D eigenvalue weighted by atomic mass is 9.89. The van der Waals surface area contributed by atoms with Gasteiger partial charge in [0.2, 0.25) is 0 Å². The predicted molar refractivity (Wildman–Crippen MR) is 110 cm³/mol. The molecule has 0 radical (unpaired) electrons. The summed E-state index contributed by atoms with van der Waals surface area (Å²) in [7, 11) is 0. The van der Waals surface area contributed by atoms with Crippen LogP contribution < -0.4 is 0 Å². The molecule has 2 aromatic carbocycles. The van der Waals surface area contributed by atoms with E-state index in [2.05, 4.69) is 34.6 Å². The number of benzene rings is 2. The highest BCUT2D eigenvalue weighted by Crippen LogP contribution is 2.43. The number of rotatable bonds is 1. The van der Waals surface area contributed by atoms with Crippen LogP contribution in [0.2, 0.25) is 5.02 Å². The van der Waals surface area contributed by atoms with Gasteiger partial charge in [0, 0.05) is 40.3 Å². The highest BCUT2D eigenvalue weighted by molar-refractivity contribution is 6.31. The van der Waals surface area contributed by atoms with Crippen LogP contribution in [0.1, 0.15) is 51.6 Å². The number of aromatic nitrogens is 1. The van der Waals surface area contributed by atoms with Gasteiger partial charge >= 0.3 is 0 Å². The Bertz CT molecular complexity index is 1080. The van der Waals surface area contributed by atoms with E-state index in [1.54, 1.807) is 0 Å². The molecule has 0 fully saturated rings. The number of halogens is 1. The minimum atomic E-state index is 0.0995. The quantitative estimate of drug-likeness (QED) is 0.553. The second kappa shape index (κ2) is 6.13. The van der Waals surface area contributed by atoms with Crippen LogP contribution in [0.4, 0.5) is 0 Å². The third kappa shape index (κ3) is 2.52. The summed E-state index contributed by atoms with van der Waals surface area (Å²) >= 11 is 6.28. The van der Waals surface area contributed by atoms with Crippen LogP contribution in [0.5, 0.6) is 0 Å². The maximum atomic E-state index is 13.3. The molecule has 2 heterocycles. The lowest BCUT2D eigenvalue weighted by molar-refractivity contribution is 0.0601. The number of amides is 1. The van der Waals surface area contributed by atoms with Gasteiger partial charge in [0.1, 0.15) is 0 Å². The van der Waals surface area contributed by atoms with Gasteiger partial charge in [-0.15, -0.1) is 0 Å². The molecule has 5 rings (SSSR count). The standard InChI is InChI=1S/C23H23ClN2O/c1-14-6-9-20-18(12-14)17-4-3-5-21-22(17)25(20)10-11-26(21)23(27)16-8-7-15(2)19(24)13-16/h6-9,12-13,21H,3-5,10-11H2,1-2H3/t21-/m0/s1. The summed E-state index contributed by atoms with van der Waals surface area (Å²) in [6, 6.07) is 12.6. The zero-order valence-electron chi connectivity index (χ0n) is 15.8. The molecule has 3 aromatic rings. The highest BCUT2D eigenvalue weighted by Gasteiger charge is 2.37. The van der Waals surface area contributed by atoms with E-state index in [-0.39, 0.29) is 11.9 Å². The second-order valence-corrected chi connectivity index (χ2v) is 8.31. The summed E-state index contributed by atoms with van der Waals surface area (Å²) in [5.74, 6) is 0.0995. The average Bonchev–Trinajstić information content (AvgIpc) is 2.99. The first-order chi connectivity index (χ1) is 13.0. The molecular weight excluding hydrogens is 356 g/mol. The number of aryl methyl sites for hydroxylation is 3. The van der Waals surface area contributed by atoms with Crippen molar-refractivity contribution in [2.24, 2.45) is 0 Å². The van der Waals surface area contributed by atoms with Gasteiger partial charge in [-0.2, -0.15) is 0 Å². The van der Waals surface area contributed by atoms with Gasteiger partial charge < -0.3 is 9.47 Å². The number of carbonyl (C=O) groups is 1. The number of carbonyl (C=O) groups excluding carboxylic acids is 1. The van der Waals surface area contributed by atoms with Gasteiger partial charge in [0.05, 0.1) is 6.04 Å². The third-order valence-electron chi connectivity index (χ3n) is 6.21. The monoisotopic (exact) mass is 378 g/mol. The predicted octanol–water partition coefficient (Wildman–Crippen LogP) is 5.44. The van der Waals surface area contributed by atoms with Crippen molar-refractivity contribution in [2.75, 3.05) is 6.54 Å². The molecule has 1 amide bonds. The molecule has 0 bridgehead atoms. The van der Waals surface area contributed by atoms with Crippen LogP contribution in [0.25, 0.3) is 10.9 Å². The largest absolute Gasteiger partial charge is 0.341 e. The van der Waals surface area contributed by atoms with Crippen LogP contribution in [0, 0.1) is 13.8 Å². The zero-order valence-corrected chi connectivity index (χ0v) is 16.5. The maximum absolute atomic E-state index is 13.3. The molecule has 0 saturated carbocycles. The summed E-state index contributed by atoms with van der Waals surface area (Å²) in [5.41, 5.74) is 7.12. The van der Waals surface area contributed by atoms with Crippen molar-refractivity contribution in [3.8, 4) is 0 Å². The Balaban J connectivity index is 1.60. The molecule has 1 aliphatic heterocycles. The van der Waals surface area contributed by atoms with E-state index in [9.17, 15) is 4.79 Å². The van der Waals surface area contributed by atoms with Crippen molar-refractivity contribution in [2.45, 2.75) is 45.7 Å². The molecule has 1 atom stereocenters. The van der Waals surface area contributed by atoms with Crippen molar-refractivity contribution in [1.29, 1.82) is 0 Å². The van der Waals surface area contributed by atoms with E-state index >= 15 is 0 Å². The van der Waals surface area contributed by atoms with Crippen LogP contribution in [-0.2, 0) is 13.0 Å². The fourth-order valence-electron chi connectivity index (χ4n) is 4.85. The van der Waals surface area contributed by atoms with Gasteiger partial charge in [-0.1, -0.05) is 29.3 Å². The first-order valence-corrected chi connectivity index (χ1v) is 10.1. The number of nitrogens with zero attached hydrogens (tertiary/aromatic N) is 2. The summed E-state index contributed by atoms with van der Waals surface area (Å²) < 4.78 is 2.46. The maximum Gasteiger partial charge on any atom is 0.254 e. The molecule has 0 unspecified atom stereocenters. The third-order valence-corrected chi connectivity index (χ3v) is 6.62. The van der Waals surface area contributed by atoms with E-state index in [4.69, 9.17) is 11.6 Å². The Morgan fingerprint density at radius 3 is 2.78 bits per heavy atom. The van der Waals surface area contributed by atoms with E-state index in [1.807, 2.05) is 25.1 Å². The summed E-state index contributed by atoms with van der Waals surface area (Å²) in [6.45, 7) is 5.72. The molecule has 0 saturated heterocycles. The lowest BCUT2D eigenvalue weighted by Crippen LogP contribution is -2.43. The summed E-state index contributed by atoms with van der Waals surface area (Å²) in [6.07, 6.45) is 3.27. The lowest BCUT2D eigenvalue weighted by Gasteiger charge is -2.40. The Morgan fingerprint density at radius 1 is 1.11 bits per heavy atom. The fraction of sp³-hybridized carbons (Fsp3) is 0.348. The molecule has 27 heavy (non-hydrogen) atoms. The molecule has 0 spiro atoms. The minimum absolute atomic E-state index is 0.0995. The van der Waals surface area contributed by atoms with Gasteiger partial charge in [0.15, 0.2) is 0 Å². The van der Waals surface area contributed by atoms with E-state index in [0.29, 0.717) is 10.6 Å². The van der Waals surface area contributed by atoms with Crippen LogP contribution in [0.3, 0.4) is 0 Å². The molecular formula is C23H23ClN2O. The Labute approximate surface area is 164 Å². The first-order valence-electron chi connectivity index (χ1n) is 9.73. The van der Waals surface area contributed by atoms with Crippen LogP contribution >= 0.6 is 11.6 Å². The molecule has 2 aliphatic rings. The van der Waals surface area contributed by atoms with E-state index in [1.165, 1.54) is 27.7 Å². The smallest absolute Gasteiger partial charge is 0.254 e. The highest BCUT2D eigenvalue weighted by atomic mass is 35.5. The van der Waals surface area contributed by atoms with Gasteiger partial charge in [-0.05, 0) is 68.5 Å². The Morgan fingerprint density at radius 2 is 1.96 bits per heavy atom. The van der Waals surface area contributed by atoms with Crippen molar-refractivity contribution < 1.29 is 4.79 Å².